The zero-order valence-electron chi connectivity index (χ0n) is 18.1. The number of hydrogen-bond donors (Lipinski definition) is 3. The second kappa shape index (κ2) is 10.9. The lowest BCUT2D eigenvalue weighted by Gasteiger charge is -2.34. The van der Waals surface area contributed by atoms with Gasteiger partial charge in [0.2, 0.25) is 0 Å². The first kappa shape index (κ1) is 24.4. The monoisotopic (exact) mass is 438 g/mol. The molecule has 1 aliphatic rings. The molecule has 0 radical (unpaired) electrons. The zero-order valence-corrected chi connectivity index (χ0v) is 18.9. The standard InChI is InChI=1S/C22H34N2O5S/c1-17(2)5-4-6-18(3)11-16-29-19-7-9-20(10-8-19)30(27,28)22(21(25)24-26)12-14-23-15-13-22/h5,7-10,18,23,26H,4,6,11-16H2,1-3H3,(H,24,25). The maximum atomic E-state index is 13.2. The Morgan fingerprint density at radius 1 is 1.23 bits per heavy atom. The normalized spacial score (nSPS) is 17.1. The molecular weight excluding hydrogens is 404 g/mol. The van der Waals surface area contributed by atoms with Crippen molar-refractivity contribution in [2.24, 2.45) is 5.92 Å². The maximum Gasteiger partial charge on any atom is 0.265 e. The van der Waals surface area contributed by atoms with Crippen LogP contribution in [0, 0.1) is 5.92 Å². The number of carbonyl (C=O) groups is 1. The largest absolute Gasteiger partial charge is 0.494 e. The van der Waals surface area contributed by atoms with E-state index in [1.807, 2.05) is 0 Å². The number of hydroxylamine groups is 1. The van der Waals surface area contributed by atoms with Gasteiger partial charge in [-0.3, -0.25) is 10.0 Å². The van der Waals surface area contributed by atoms with Crippen molar-refractivity contribution in [3.63, 3.8) is 0 Å². The summed E-state index contributed by atoms with van der Waals surface area (Å²) < 4.78 is 30.6. The van der Waals surface area contributed by atoms with Crippen molar-refractivity contribution in [2.45, 2.75) is 62.5 Å². The van der Waals surface area contributed by atoms with Gasteiger partial charge < -0.3 is 10.1 Å². The molecule has 0 spiro atoms. The van der Waals surface area contributed by atoms with Crippen LogP contribution in [0.5, 0.6) is 5.75 Å². The highest BCUT2D eigenvalue weighted by molar-refractivity contribution is 7.93. The molecule has 1 atom stereocenters. The number of benzene rings is 1. The van der Waals surface area contributed by atoms with Crippen LogP contribution in [-0.4, -0.2) is 44.0 Å². The Morgan fingerprint density at radius 2 is 1.87 bits per heavy atom. The minimum absolute atomic E-state index is 0.0513. The predicted octanol–water partition coefficient (Wildman–Crippen LogP) is 3.24. The van der Waals surface area contributed by atoms with Gasteiger partial charge in [0.05, 0.1) is 11.5 Å². The van der Waals surface area contributed by atoms with E-state index in [0.717, 1.165) is 19.3 Å². The summed E-state index contributed by atoms with van der Waals surface area (Å²) in [6.45, 7) is 7.73. The van der Waals surface area contributed by atoms with Crippen molar-refractivity contribution >= 4 is 15.7 Å². The Morgan fingerprint density at radius 3 is 2.43 bits per heavy atom. The SMILES string of the molecule is CC(C)=CCCC(C)CCOc1ccc(S(=O)(=O)C2(C(=O)NO)CCNCC2)cc1. The Bertz CT molecular complexity index is 824. The fourth-order valence-corrected chi connectivity index (χ4v) is 5.65. The lowest BCUT2D eigenvalue weighted by Crippen LogP contribution is -2.57. The molecule has 1 aromatic carbocycles. The van der Waals surface area contributed by atoms with Gasteiger partial charge in [0.15, 0.2) is 14.6 Å². The van der Waals surface area contributed by atoms with Gasteiger partial charge in [0.1, 0.15) is 5.75 Å². The third-order valence-electron chi connectivity index (χ3n) is 5.67. The summed E-state index contributed by atoms with van der Waals surface area (Å²) in [5, 5.41) is 12.2. The molecule has 1 amide bonds. The van der Waals surface area contributed by atoms with Gasteiger partial charge in [-0.1, -0.05) is 18.6 Å². The highest BCUT2D eigenvalue weighted by atomic mass is 32.2. The van der Waals surface area contributed by atoms with E-state index in [0.29, 0.717) is 31.4 Å². The molecule has 30 heavy (non-hydrogen) atoms. The van der Waals surface area contributed by atoms with Crippen LogP contribution in [0.25, 0.3) is 0 Å². The van der Waals surface area contributed by atoms with Crippen molar-refractivity contribution in [3.8, 4) is 5.75 Å². The van der Waals surface area contributed by atoms with Crippen molar-refractivity contribution in [3.05, 3.63) is 35.9 Å². The Kier molecular flexibility index (Phi) is 8.88. The first-order valence-corrected chi connectivity index (χ1v) is 12.0. The maximum absolute atomic E-state index is 13.2. The topological polar surface area (TPSA) is 105 Å². The highest BCUT2D eigenvalue weighted by Gasteiger charge is 2.51. The van der Waals surface area contributed by atoms with E-state index in [9.17, 15) is 13.2 Å². The minimum atomic E-state index is -3.98. The van der Waals surface area contributed by atoms with Gasteiger partial charge in [0.25, 0.3) is 5.91 Å². The molecule has 0 saturated carbocycles. The van der Waals surface area contributed by atoms with Crippen LogP contribution in [0.3, 0.4) is 0 Å². The van der Waals surface area contributed by atoms with Crippen LogP contribution in [0.15, 0.2) is 40.8 Å². The molecule has 1 heterocycles. The number of hydrogen-bond acceptors (Lipinski definition) is 6. The molecule has 1 aliphatic heterocycles. The van der Waals surface area contributed by atoms with Crippen LogP contribution < -0.4 is 15.5 Å². The molecule has 0 aliphatic carbocycles. The second-order valence-electron chi connectivity index (χ2n) is 8.26. The molecule has 7 nitrogen and oxygen atoms in total. The lowest BCUT2D eigenvalue weighted by molar-refractivity contribution is -0.132. The van der Waals surface area contributed by atoms with Crippen molar-refractivity contribution < 1.29 is 23.2 Å². The van der Waals surface area contributed by atoms with E-state index in [1.165, 1.54) is 17.7 Å². The third-order valence-corrected chi connectivity index (χ3v) is 8.18. The summed E-state index contributed by atoms with van der Waals surface area (Å²) in [7, 11) is -3.98. The summed E-state index contributed by atoms with van der Waals surface area (Å²) >= 11 is 0. The summed E-state index contributed by atoms with van der Waals surface area (Å²) in [6, 6.07) is 6.17. The molecule has 0 aromatic heterocycles. The quantitative estimate of drug-likeness (QED) is 0.294. The van der Waals surface area contributed by atoms with Gasteiger partial charge in [-0.2, -0.15) is 0 Å². The van der Waals surface area contributed by atoms with Gasteiger partial charge in [0, 0.05) is 0 Å². The molecule has 0 bridgehead atoms. The Balaban J connectivity index is 2.00. The summed E-state index contributed by atoms with van der Waals surface area (Å²) in [5.74, 6) is 0.250. The number of sulfone groups is 1. The smallest absolute Gasteiger partial charge is 0.265 e. The molecule has 1 aromatic rings. The molecule has 168 valence electrons. The number of amides is 1. The molecule has 3 N–H and O–H groups in total. The van der Waals surface area contributed by atoms with Gasteiger partial charge >= 0.3 is 0 Å². The lowest BCUT2D eigenvalue weighted by atomic mass is 9.96. The first-order chi connectivity index (χ1) is 14.2. The van der Waals surface area contributed by atoms with Crippen LogP contribution in [0.4, 0.5) is 0 Å². The van der Waals surface area contributed by atoms with Gasteiger partial charge in [-0.25, -0.2) is 13.9 Å². The van der Waals surface area contributed by atoms with E-state index in [4.69, 9.17) is 9.94 Å². The number of piperidine rings is 1. The minimum Gasteiger partial charge on any atom is -0.494 e. The number of ether oxygens (including phenoxy) is 1. The van der Waals surface area contributed by atoms with Gasteiger partial charge in [-0.15, -0.1) is 0 Å². The van der Waals surface area contributed by atoms with Crippen LogP contribution in [0.2, 0.25) is 0 Å². The summed E-state index contributed by atoms with van der Waals surface area (Å²) in [5.41, 5.74) is 2.88. The molecule has 8 heteroatoms. The molecule has 2 rings (SSSR count). The van der Waals surface area contributed by atoms with E-state index < -0.39 is 20.5 Å². The average Bonchev–Trinajstić information content (AvgIpc) is 2.73. The fourth-order valence-electron chi connectivity index (χ4n) is 3.67. The van der Waals surface area contributed by atoms with E-state index in [1.54, 1.807) is 17.6 Å². The average molecular weight is 439 g/mol. The van der Waals surface area contributed by atoms with E-state index in [2.05, 4.69) is 32.2 Å². The Hall–Kier alpha value is -1.90. The predicted molar refractivity (Wildman–Crippen MR) is 116 cm³/mol. The summed E-state index contributed by atoms with van der Waals surface area (Å²) in [4.78, 5) is 12.3. The van der Waals surface area contributed by atoms with E-state index in [-0.39, 0.29) is 17.7 Å². The second-order valence-corrected chi connectivity index (χ2v) is 10.5. The number of carbonyl (C=O) groups excluding carboxylic acids is 1. The molecule has 1 fully saturated rings. The van der Waals surface area contributed by atoms with Crippen molar-refractivity contribution in [1.29, 1.82) is 0 Å². The van der Waals surface area contributed by atoms with Crippen LogP contribution >= 0.6 is 0 Å². The van der Waals surface area contributed by atoms with Crippen molar-refractivity contribution in [1.82, 2.24) is 10.8 Å². The number of nitrogens with one attached hydrogen (secondary N) is 2. The molecular formula is C22H34N2O5S. The first-order valence-electron chi connectivity index (χ1n) is 10.5. The number of rotatable bonds is 10. The summed E-state index contributed by atoms with van der Waals surface area (Å²) in [6.07, 6.45) is 5.53. The number of allylic oxidation sites excluding steroid dienone is 2. The van der Waals surface area contributed by atoms with Crippen LogP contribution in [0.1, 0.15) is 52.9 Å². The van der Waals surface area contributed by atoms with E-state index >= 15 is 0 Å². The van der Waals surface area contributed by atoms with Crippen LogP contribution in [-0.2, 0) is 14.6 Å². The highest BCUT2D eigenvalue weighted by Crippen LogP contribution is 2.34. The molecule has 1 unspecified atom stereocenters. The van der Waals surface area contributed by atoms with Crippen molar-refractivity contribution in [2.75, 3.05) is 19.7 Å². The van der Waals surface area contributed by atoms with Gasteiger partial charge in [-0.05, 0) is 89.2 Å². The fraction of sp³-hybridized carbons (Fsp3) is 0.591. The Labute approximate surface area is 179 Å². The molecule has 1 saturated heterocycles. The zero-order chi connectivity index (χ0) is 22.2. The third kappa shape index (κ3) is 5.83.